The van der Waals surface area contributed by atoms with Gasteiger partial charge in [0, 0.05) is 22.3 Å². The second kappa shape index (κ2) is 6.66. The summed E-state index contributed by atoms with van der Waals surface area (Å²) in [5.74, 6) is -0.236. The summed E-state index contributed by atoms with van der Waals surface area (Å²) in [5, 5.41) is 0. The fourth-order valence-corrected chi connectivity index (χ4v) is 2.36. The minimum absolute atomic E-state index is 0.0393. The third-order valence-electron chi connectivity index (χ3n) is 3.05. The Kier molecular flexibility index (Phi) is 4.90. The molecule has 0 amide bonds. The number of anilines is 1. The van der Waals surface area contributed by atoms with Crippen molar-refractivity contribution >= 4 is 27.4 Å². The zero-order valence-electron chi connectivity index (χ0n) is 11.1. The molecule has 2 aromatic carbocycles. The third kappa shape index (κ3) is 3.67. The number of Topliss-reactive ketones (excluding diaryl/α,β-unsaturated/α-hetero) is 1. The average Bonchev–Trinajstić information content (AvgIpc) is 2.45. The molecule has 4 heteroatoms. The molecule has 0 fully saturated rings. The fraction of sp³-hybridized carbons (Fsp3) is 0.188. The van der Waals surface area contributed by atoms with E-state index in [1.807, 2.05) is 24.0 Å². The van der Waals surface area contributed by atoms with Crippen molar-refractivity contribution in [3.63, 3.8) is 0 Å². The summed E-state index contributed by atoms with van der Waals surface area (Å²) in [6, 6.07) is 13.5. The predicted molar refractivity (Wildman–Crippen MR) is 82.8 cm³/mol. The lowest BCUT2D eigenvalue weighted by molar-refractivity contribution is 0.0999. The number of nitrogens with zero attached hydrogens (tertiary/aromatic N) is 1. The fourth-order valence-electron chi connectivity index (χ4n) is 1.96. The molecular formula is C16H15BrFNO. The Labute approximate surface area is 126 Å². The zero-order chi connectivity index (χ0) is 14.5. The lowest BCUT2D eigenvalue weighted by atomic mass is 10.1. The van der Waals surface area contributed by atoms with Gasteiger partial charge in [-0.1, -0.05) is 28.1 Å². The van der Waals surface area contributed by atoms with Gasteiger partial charge in [0.15, 0.2) is 5.78 Å². The van der Waals surface area contributed by atoms with Crippen LogP contribution >= 0.6 is 15.9 Å². The topological polar surface area (TPSA) is 20.3 Å². The first-order valence-electron chi connectivity index (χ1n) is 6.39. The molecule has 0 heterocycles. The molecule has 0 N–H and O–H groups in total. The third-order valence-corrected chi connectivity index (χ3v) is 3.55. The molecule has 0 bridgehead atoms. The van der Waals surface area contributed by atoms with Crippen molar-refractivity contribution in [2.24, 2.45) is 0 Å². The molecule has 0 saturated heterocycles. The number of rotatable bonds is 5. The molecule has 2 rings (SSSR count). The van der Waals surface area contributed by atoms with Crippen molar-refractivity contribution in [2.75, 3.05) is 18.0 Å². The first-order valence-corrected chi connectivity index (χ1v) is 7.18. The van der Waals surface area contributed by atoms with Crippen molar-refractivity contribution < 1.29 is 9.18 Å². The highest BCUT2D eigenvalue weighted by Gasteiger charge is 2.12. The van der Waals surface area contributed by atoms with Crippen molar-refractivity contribution in [1.29, 1.82) is 0 Å². The Hall–Kier alpha value is -1.68. The van der Waals surface area contributed by atoms with Gasteiger partial charge in [0.1, 0.15) is 5.82 Å². The van der Waals surface area contributed by atoms with Gasteiger partial charge in [0.25, 0.3) is 0 Å². The number of carbonyl (C=O) groups is 1. The highest BCUT2D eigenvalue weighted by Crippen LogP contribution is 2.17. The Balaban J connectivity index is 2.14. The summed E-state index contributed by atoms with van der Waals surface area (Å²) in [6.45, 7) is 2.93. The number of likely N-dealkylation sites (N-methyl/N-ethyl adjacent to an activating group) is 1. The molecular weight excluding hydrogens is 321 g/mol. The Bertz CT molecular complexity index is 598. The van der Waals surface area contributed by atoms with Crippen LogP contribution in [0.1, 0.15) is 17.3 Å². The number of carbonyl (C=O) groups excluding carboxylic acids is 1. The standard InChI is InChI=1S/C16H15BrFNO/c1-2-19(15-8-6-14(18)7-9-15)11-16(20)12-4-3-5-13(17)10-12/h3-10H,2,11H2,1H3. The molecule has 2 nitrogen and oxygen atoms in total. The molecule has 0 radical (unpaired) electrons. The molecule has 0 aromatic heterocycles. The van der Waals surface area contributed by atoms with E-state index in [4.69, 9.17) is 0 Å². The molecule has 0 aliphatic carbocycles. The Morgan fingerprint density at radius 2 is 1.90 bits per heavy atom. The van der Waals surface area contributed by atoms with E-state index >= 15 is 0 Å². The minimum Gasteiger partial charge on any atom is -0.364 e. The van der Waals surface area contributed by atoms with Crippen molar-refractivity contribution in [1.82, 2.24) is 0 Å². The SMILES string of the molecule is CCN(CC(=O)c1cccc(Br)c1)c1ccc(F)cc1. The molecule has 2 aromatic rings. The van der Waals surface area contributed by atoms with Crippen LogP contribution in [-0.4, -0.2) is 18.9 Å². The van der Waals surface area contributed by atoms with E-state index in [1.165, 1.54) is 12.1 Å². The van der Waals surface area contributed by atoms with Gasteiger partial charge < -0.3 is 4.90 Å². The normalized spacial score (nSPS) is 10.3. The smallest absolute Gasteiger partial charge is 0.182 e. The molecule has 0 spiro atoms. The first-order chi connectivity index (χ1) is 9.60. The van der Waals surface area contributed by atoms with Crippen molar-refractivity contribution in [3.8, 4) is 0 Å². The summed E-state index contributed by atoms with van der Waals surface area (Å²) < 4.78 is 13.8. The van der Waals surface area contributed by atoms with Crippen LogP contribution in [-0.2, 0) is 0 Å². The van der Waals surface area contributed by atoms with Crippen molar-refractivity contribution in [2.45, 2.75) is 6.92 Å². The maximum atomic E-state index is 12.9. The van der Waals surface area contributed by atoms with Crippen LogP contribution in [0.25, 0.3) is 0 Å². The predicted octanol–water partition coefficient (Wildman–Crippen LogP) is 4.30. The Morgan fingerprint density at radius 1 is 1.20 bits per heavy atom. The van der Waals surface area contributed by atoms with Crippen LogP contribution in [0.3, 0.4) is 0 Å². The molecule has 0 unspecified atom stereocenters. The molecule has 20 heavy (non-hydrogen) atoms. The number of hydrogen-bond donors (Lipinski definition) is 0. The van der Waals surface area contributed by atoms with E-state index in [2.05, 4.69) is 15.9 Å². The number of benzene rings is 2. The van der Waals surface area contributed by atoms with E-state index in [1.54, 1.807) is 24.3 Å². The van der Waals surface area contributed by atoms with Crippen LogP contribution in [0.4, 0.5) is 10.1 Å². The molecule has 0 aliphatic heterocycles. The minimum atomic E-state index is -0.275. The van der Waals surface area contributed by atoms with Crippen LogP contribution in [0.5, 0.6) is 0 Å². The monoisotopic (exact) mass is 335 g/mol. The van der Waals surface area contributed by atoms with Gasteiger partial charge in [0.05, 0.1) is 6.54 Å². The molecule has 104 valence electrons. The summed E-state index contributed by atoms with van der Waals surface area (Å²) in [5.41, 5.74) is 1.51. The average molecular weight is 336 g/mol. The van der Waals surface area contributed by atoms with Gasteiger partial charge in [0.2, 0.25) is 0 Å². The highest BCUT2D eigenvalue weighted by atomic mass is 79.9. The second-order valence-electron chi connectivity index (χ2n) is 4.42. The lowest BCUT2D eigenvalue weighted by Crippen LogP contribution is -2.29. The van der Waals surface area contributed by atoms with Crippen LogP contribution in [0.15, 0.2) is 53.0 Å². The van der Waals surface area contributed by atoms with Crippen LogP contribution in [0, 0.1) is 5.82 Å². The van der Waals surface area contributed by atoms with E-state index in [9.17, 15) is 9.18 Å². The summed E-state index contributed by atoms with van der Waals surface area (Å²) >= 11 is 3.36. The van der Waals surface area contributed by atoms with Gasteiger partial charge in [-0.05, 0) is 43.3 Å². The molecule has 0 aliphatic rings. The van der Waals surface area contributed by atoms with Gasteiger partial charge in [-0.2, -0.15) is 0 Å². The van der Waals surface area contributed by atoms with Crippen LogP contribution in [0.2, 0.25) is 0 Å². The summed E-state index contributed by atoms with van der Waals surface area (Å²) in [6.07, 6.45) is 0. The molecule has 0 saturated carbocycles. The lowest BCUT2D eigenvalue weighted by Gasteiger charge is -2.22. The number of hydrogen-bond acceptors (Lipinski definition) is 2. The largest absolute Gasteiger partial charge is 0.364 e. The van der Waals surface area contributed by atoms with Gasteiger partial charge >= 0.3 is 0 Å². The van der Waals surface area contributed by atoms with E-state index in [0.717, 1.165) is 10.2 Å². The van der Waals surface area contributed by atoms with E-state index in [0.29, 0.717) is 12.1 Å². The van der Waals surface area contributed by atoms with E-state index < -0.39 is 0 Å². The molecule has 0 atom stereocenters. The van der Waals surface area contributed by atoms with Gasteiger partial charge in [-0.3, -0.25) is 4.79 Å². The quantitative estimate of drug-likeness (QED) is 0.759. The number of halogens is 2. The maximum absolute atomic E-state index is 12.9. The first kappa shape index (κ1) is 14.7. The van der Waals surface area contributed by atoms with E-state index in [-0.39, 0.29) is 18.1 Å². The zero-order valence-corrected chi connectivity index (χ0v) is 12.7. The van der Waals surface area contributed by atoms with Crippen molar-refractivity contribution in [3.05, 3.63) is 64.4 Å². The highest BCUT2D eigenvalue weighted by molar-refractivity contribution is 9.10. The maximum Gasteiger partial charge on any atom is 0.182 e. The van der Waals surface area contributed by atoms with Gasteiger partial charge in [-0.25, -0.2) is 4.39 Å². The second-order valence-corrected chi connectivity index (χ2v) is 5.34. The summed E-state index contributed by atoms with van der Waals surface area (Å²) in [4.78, 5) is 14.2. The van der Waals surface area contributed by atoms with Gasteiger partial charge in [-0.15, -0.1) is 0 Å². The van der Waals surface area contributed by atoms with Crippen LogP contribution < -0.4 is 4.90 Å². The Morgan fingerprint density at radius 3 is 2.50 bits per heavy atom. The number of ketones is 1. The summed E-state index contributed by atoms with van der Waals surface area (Å²) in [7, 11) is 0.